The van der Waals surface area contributed by atoms with Crippen molar-refractivity contribution in [1.29, 1.82) is 0 Å². The maximum absolute atomic E-state index is 11.4. The Hall–Kier alpha value is -2.08. The second kappa shape index (κ2) is 4.66. The molecule has 3 rings (SSSR count). The van der Waals surface area contributed by atoms with Crippen LogP contribution in [0.4, 0.5) is 5.69 Å². The van der Waals surface area contributed by atoms with Crippen LogP contribution in [0.3, 0.4) is 0 Å². The van der Waals surface area contributed by atoms with Gasteiger partial charge in [-0.2, -0.15) is 5.10 Å². The molecule has 94 valence electrons. The number of ether oxygens (including phenoxy) is 1. The van der Waals surface area contributed by atoms with Crippen molar-refractivity contribution < 1.29 is 4.74 Å². The fourth-order valence-corrected chi connectivity index (χ4v) is 2.08. The highest BCUT2D eigenvalue weighted by molar-refractivity contribution is 5.51. The van der Waals surface area contributed by atoms with E-state index < -0.39 is 0 Å². The number of anilines is 1. The van der Waals surface area contributed by atoms with Crippen molar-refractivity contribution in [3.8, 4) is 5.69 Å². The SMILES string of the molecule is O=c1[nH]ncn1-c1ccc(N2CCOCC2)cc1. The molecule has 1 aromatic carbocycles. The third-order valence-electron chi connectivity index (χ3n) is 3.06. The van der Waals surface area contributed by atoms with E-state index in [9.17, 15) is 4.79 Å². The van der Waals surface area contributed by atoms with Gasteiger partial charge in [-0.3, -0.25) is 0 Å². The monoisotopic (exact) mass is 246 g/mol. The molecule has 0 atom stereocenters. The molecule has 0 radical (unpaired) electrons. The molecule has 1 aliphatic heterocycles. The molecule has 6 heteroatoms. The van der Waals surface area contributed by atoms with Gasteiger partial charge in [-0.15, -0.1) is 0 Å². The molecular weight excluding hydrogens is 232 g/mol. The van der Waals surface area contributed by atoms with E-state index in [-0.39, 0.29) is 5.69 Å². The van der Waals surface area contributed by atoms with Gasteiger partial charge >= 0.3 is 5.69 Å². The van der Waals surface area contributed by atoms with Crippen molar-refractivity contribution in [3.05, 3.63) is 41.1 Å². The second-order valence-corrected chi connectivity index (χ2v) is 4.15. The summed E-state index contributed by atoms with van der Waals surface area (Å²) in [5, 5.41) is 6.08. The standard InChI is InChI=1S/C12H14N4O2/c17-12-14-13-9-16(12)11-3-1-10(2-4-11)15-5-7-18-8-6-15/h1-4,9H,5-8H2,(H,14,17). The van der Waals surface area contributed by atoms with Gasteiger partial charge in [-0.25, -0.2) is 14.5 Å². The number of morpholine rings is 1. The Morgan fingerprint density at radius 2 is 1.78 bits per heavy atom. The van der Waals surface area contributed by atoms with Crippen molar-refractivity contribution in [2.75, 3.05) is 31.2 Å². The van der Waals surface area contributed by atoms with Gasteiger partial charge in [-0.1, -0.05) is 0 Å². The van der Waals surface area contributed by atoms with Gasteiger partial charge in [0.15, 0.2) is 0 Å². The highest BCUT2D eigenvalue weighted by atomic mass is 16.5. The van der Waals surface area contributed by atoms with E-state index in [1.165, 1.54) is 10.9 Å². The number of nitrogens with zero attached hydrogens (tertiary/aromatic N) is 3. The molecular formula is C12H14N4O2. The lowest BCUT2D eigenvalue weighted by molar-refractivity contribution is 0.122. The third kappa shape index (κ3) is 2.02. The van der Waals surface area contributed by atoms with Gasteiger partial charge in [0, 0.05) is 18.8 Å². The normalized spacial score (nSPS) is 15.9. The van der Waals surface area contributed by atoms with Gasteiger partial charge in [0.25, 0.3) is 0 Å². The van der Waals surface area contributed by atoms with Gasteiger partial charge in [0.2, 0.25) is 0 Å². The van der Waals surface area contributed by atoms with Crippen molar-refractivity contribution in [1.82, 2.24) is 14.8 Å². The van der Waals surface area contributed by atoms with Crippen LogP contribution in [0.25, 0.3) is 5.69 Å². The second-order valence-electron chi connectivity index (χ2n) is 4.15. The summed E-state index contributed by atoms with van der Waals surface area (Å²) in [4.78, 5) is 13.7. The van der Waals surface area contributed by atoms with Crippen LogP contribution in [0.15, 0.2) is 35.4 Å². The molecule has 0 aliphatic carbocycles. The zero-order valence-electron chi connectivity index (χ0n) is 9.87. The first-order chi connectivity index (χ1) is 8.84. The minimum absolute atomic E-state index is 0.228. The fraction of sp³-hybridized carbons (Fsp3) is 0.333. The molecule has 1 saturated heterocycles. The van der Waals surface area contributed by atoms with Crippen molar-refractivity contribution in [2.45, 2.75) is 0 Å². The van der Waals surface area contributed by atoms with Crippen LogP contribution in [-0.2, 0) is 4.74 Å². The molecule has 0 bridgehead atoms. The predicted octanol–water partition coefficient (Wildman–Crippen LogP) is 0.397. The summed E-state index contributed by atoms with van der Waals surface area (Å²) >= 11 is 0. The third-order valence-corrected chi connectivity index (χ3v) is 3.06. The molecule has 0 amide bonds. The molecule has 6 nitrogen and oxygen atoms in total. The summed E-state index contributed by atoms with van der Waals surface area (Å²) in [6, 6.07) is 7.86. The van der Waals surface area contributed by atoms with Gasteiger partial charge in [0.05, 0.1) is 18.9 Å². The summed E-state index contributed by atoms with van der Waals surface area (Å²) in [5.41, 5.74) is 1.73. The predicted molar refractivity (Wildman–Crippen MR) is 67.2 cm³/mol. The quantitative estimate of drug-likeness (QED) is 0.833. The number of hydrogen-bond acceptors (Lipinski definition) is 4. The average Bonchev–Trinajstić information content (AvgIpc) is 2.86. The molecule has 0 unspecified atom stereocenters. The van der Waals surface area contributed by atoms with E-state index in [4.69, 9.17) is 4.74 Å². The zero-order valence-corrected chi connectivity index (χ0v) is 9.87. The van der Waals surface area contributed by atoms with Crippen LogP contribution >= 0.6 is 0 Å². The van der Waals surface area contributed by atoms with Crippen LogP contribution < -0.4 is 10.6 Å². The Bertz CT molecular complexity index is 566. The lowest BCUT2D eigenvalue weighted by Gasteiger charge is -2.28. The number of hydrogen-bond donors (Lipinski definition) is 1. The Morgan fingerprint density at radius 3 is 2.39 bits per heavy atom. The highest BCUT2D eigenvalue weighted by Crippen LogP contribution is 2.17. The Balaban J connectivity index is 1.85. The topological polar surface area (TPSA) is 63.2 Å². The van der Waals surface area contributed by atoms with Crippen LogP contribution in [-0.4, -0.2) is 41.1 Å². The van der Waals surface area contributed by atoms with E-state index in [0.29, 0.717) is 0 Å². The molecule has 1 N–H and O–H groups in total. The first kappa shape index (κ1) is 11.0. The lowest BCUT2D eigenvalue weighted by Crippen LogP contribution is -2.36. The van der Waals surface area contributed by atoms with Crippen LogP contribution in [0, 0.1) is 0 Å². The summed E-state index contributed by atoms with van der Waals surface area (Å²) in [6.45, 7) is 3.35. The van der Waals surface area contributed by atoms with E-state index in [1.807, 2.05) is 24.3 Å². The molecule has 1 aliphatic rings. The number of nitrogens with one attached hydrogen (secondary N) is 1. The zero-order chi connectivity index (χ0) is 12.4. The van der Waals surface area contributed by atoms with Crippen molar-refractivity contribution >= 4 is 5.69 Å². The highest BCUT2D eigenvalue weighted by Gasteiger charge is 2.11. The maximum atomic E-state index is 11.4. The summed E-state index contributed by atoms with van der Waals surface area (Å²) < 4.78 is 6.80. The first-order valence-electron chi connectivity index (χ1n) is 5.90. The smallest absolute Gasteiger partial charge is 0.347 e. The van der Waals surface area contributed by atoms with Gasteiger partial charge < -0.3 is 9.64 Å². The summed E-state index contributed by atoms with van der Waals surface area (Å²) in [5.74, 6) is 0. The molecule has 0 saturated carbocycles. The van der Waals surface area contributed by atoms with E-state index in [1.54, 1.807) is 0 Å². The minimum Gasteiger partial charge on any atom is -0.378 e. The maximum Gasteiger partial charge on any atom is 0.347 e. The van der Waals surface area contributed by atoms with E-state index >= 15 is 0 Å². The largest absolute Gasteiger partial charge is 0.378 e. The molecule has 18 heavy (non-hydrogen) atoms. The number of aromatic nitrogens is 3. The number of rotatable bonds is 2. The Labute approximate surface area is 104 Å². The minimum atomic E-state index is -0.228. The van der Waals surface area contributed by atoms with Crippen LogP contribution in [0.1, 0.15) is 0 Å². The number of aromatic amines is 1. The molecule has 2 heterocycles. The molecule has 0 spiro atoms. The van der Waals surface area contributed by atoms with Crippen molar-refractivity contribution in [3.63, 3.8) is 0 Å². The fourth-order valence-electron chi connectivity index (χ4n) is 2.08. The Kier molecular flexibility index (Phi) is 2.85. The van der Waals surface area contributed by atoms with Gasteiger partial charge in [0.1, 0.15) is 6.33 Å². The molecule has 1 fully saturated rings. The van der Waals surface area contributed by atoms with Gasteiger partial charge in [-0.05, 0) is 24.3 Å². The van der Waals surface area contributed by atoms with Crippen LogP contribution in [0.5, 0.6) is 0 Å². The average molecular weight is 246 g/mol. The number of H-pyrrole nitrogens is 1. The van der Waals surface area contributed by atoms with E-state index in [0.717, 1.165) is 37.7 Å². The number of benzene rings is 1. The Morgan fingerprint density at radius 1 is 1.11 bits per heavy atom. The molecule has 1 aromatic heterocycles. The summed E-state index contributed by atoms with van der Waals surface area (Å²) in [7, 11) is 0. The first-order valence-corrected chi connectivity index (χ1v) is 5.90. The lowest BCUT2D eigenvalue weighted by atomic mass is 10.2. The van der Waals surface area contributed by atoms with E-state index in [2.05, 4.69) is 15.1 Å². The summed E-state index contributed by atoms with van der Waals surface area (Å²) in [6.07, 6.45) is 1.48. The molecule has 2 aromatic rings. The van der Waals surface area contributed by atoms with Crippen LogP contribution in [0.2, 0.25) is 0 Å². The van der Waals surface area contributed by atoms with Crippen molar-refractivity contribution in [2.24, 2.45) is 0 Å².